The molecule has 2 aliphatic rings. The van der Waals surface area contributed by atoms with Crippen LogP contribution in [0.3, 0.4) is 0 Å². The zero-order valence-electron chi connectivity index (χ0n) is 16.7. The number of amides is 2. The molecule has 5 rings (SSSR count). The number of phenols is 2. The van der Waals surface area contributed by atoms with E-state index in [1.54, 1.807) is 30.5 Å². The van der Waals surface area contributed by atoms with Crippen molar-refractivity contribution in [3.8, 4) is 34.1 Å². The lowest BCUT2D eigenvalue weighted by molar-refractivity contribution is -0.114. The summed E-state index contributed by atoms with van der Waals surface area (Å²) in [6, 6.07) is 15.2. The van der Waals surface area contributed by atoms with Gasteiger partial charge in [-0.05, 0) is 47.0 Å². The SMILES string of the molecule is O=C1NC(=O)c2cccc(-c3ccc4c(c3)OCO4)c2C1=CNCc1ccc(O)c(O)c1. The molecular weight excluding hydrogens is 412 g/mol. The normalized spacial score (nSPS) is 15.4. The van der Waals surface area contributed by atoms with Crippen molar-refractivity contribution in [1.82, 2.24) is 10.6 Å². The van der Waals surface area contributed by atoms with E-state index in [0.717, 1.165) is 5.56 Å². The summed E-state index contributed by atoms with van der Waals surface area (Å²) in [6.07, 6.45) is 1.54. The standard InChI is InChI=1S/C24H18N2O6/c27-18-6-4-13(8-19(18)28)10-25-11-17-22-15(2-1-3-16(22)23(29)26-24(17)30)14-5-7-20-21(9-14)32-12-31-20/h1-9,11,25,27-28H,10,12H2,(H,26,29,30). The van der Waals surface area contributed by atoms with Gasteiger partial charge >= 0.3 is 0 Å². The fraction of sp³-hybridized carbons (Fsp3) is 0.0833. The van der Waals surface area contributed by atoms with Crippen molar-refractivity contribution in [1.29, 1.82) is 0 Å². The van der Waals surface area contributed by atoms with Gasteiger partial charge in [-0.1, -0.05) is 24.3 Å². The second-order valence-electron chi connectivity index (χ2n) is 7.34. The Labute approximate surface area is 182 Å². The summed E-state index contributed by atoms with van der Waals surface area (Å²) in [4.78, 5) is 25.2. The van der Waals surface area contributed by atoms with Gasteiger partial charge in [0.1, 0.15) is 0 Å². The zero-order valence-corrected chi connectivity index (χ0v) is 16.7. The van der Waals surface area contributed by atoms with Crippen LogP contribution in [0.25, 0.3) is 16.7 Å². The summed E-state index contributed by atoms with van der Waals surface area (Å²) in [7, 11) is 0. The molecule has 2 heterocycles. The number of benzene rings is 3. The van der Waals surface area contributed by atoms with E-state index in [-0.39, 0.29) is 18.3 Å². The van der Waals surface area contributed by atoms with E-state index >= 15 is 0 Å². The average molecular weight is 430 g/mol. The maximum Gasteiger partial charge on any atom is 0.260 e. The number of nitrogens with one attached hydrogen (secondary N) is 2. The quantitative estimate of drug-likeness (QED) is 0.286. The monoisotopic (exact) mass is 430 g/mol. The largest absolute Gasteiger partial charge is 0.504 e. The van der Waals surface area contributed by atoms with Gasteiger partial charge in [-0.15, -0.1) is 0 Å². The Balaban J connectivity index is 1.53. The van der Waals surface area contributed by atoms with E-state index in [4.69, 9.17) is 9.47 Å². The summed E-state index contributed by atoms with van der Waals surface area (Å²) in [5.74, 6) is -0.178. The average Bonchev–Trinajstić information content (AvgIpc) is 3.26. The van der Waals surface area contributed by atoms with Crippen LogP contribution in [-0.2, 0) is 11.3 Å². The van der Waals surface area contributed by atoms with Gasteiger partial charge in [0, 0.05) is 23.9 Å². The molecular formula is C24H18N2O6. The lowest BCUT2D eigenvalue weighted by Gasteiger charge is -2.22. The van der Waals surface area contributed by atoms with Crippen LogP contribution in [0.1, 0.15) is 21.5 Å². The summed E-state index contributed by atoms with van der Waals surface area (Å²) in [6.45, 7) is 0.439. The van der Waals surface area contributed by atoms with Crippen LogP contribution in [0.2, 0.25) is 0 Å². The van der Waals surface area contributed by atoms with E-state index < -0.39 is 11.8 Å². The molecule has 3 aromatic carbocycles. The molecule has 0 aromatic heterocycles. The first kappa shape index (κ1) is 19.5. The Kier molecular flexibility index (Phi) is 4.67. The highest BCUT2D eigenvalue weighted by atomic mass is 16.7. The van der Waals surface area contributed by atoms with Crippen LogP contribution in [0, 0.1) is 0 Å². The Morgan fingerprint density at radius 3 is 2.56 bits per heavy atom. The van der Waals surface area contributed by atoms with Crippen molar-refractivity contribution in [2.24, 2.45) is 0 Å². The van der Waals surface area contributed by atoms with Gasteiger partial charge in [0.15, 0.2) is 23.0 Å². The fourth-order valence-corrected chi connectivity index (χ4v) is 3.78. The third-order valence-corrected chi connectivity index (χ3v) is 5.33. The highest BCUT2D eigenvalue weighted by Crippen LogP contribution is 2.39. The van der Waals surface area contributed by atoms with Gasteiger partial charge in [0.05, 0.1) is 5.57 Å². The Morgan fingerprint density at radius 1 is 0.906 bits per heavy atom. The molecule has 8 nitrogen and oxygen atoms in total. The van der Waals surface area contributed by atoms with Crippen molar-refractivity contribution in [2.45, 2.75) is 6.54 Å². The molecule has 0 saturated carbocycles. The molecule has 0 fully saturated rings. The first-order chi connectivity index (χ1) is 15.5. The molecule has 32 heavy (non-hydrogen) atoms. The number of hydrogen-bond acceptors (Lipinski definition) is 7. The van der Waals surface area contributed by atoms with Gasteiger partial charge in [-0.25, -0.2) is 0 Å². The van der Waals surface area contributed by atoms with E-state index in [2.05, 4.69) is 10.6 Å². The molecule has 0 spiro atoms. The molecule has 8 heteroatoms. The van der Waals surface area contributed by atoms with E-state index in [0.29, 0.717) is 45.9 Å². The van der Waals surface area contributed by atoms with Crippen molar-refractivity contribution >= 4 is 17.4 Å². The van der Waals surface area contributed by atoms with Crippen LogP contribution < -0.4 is 20.1 Å². The molecule has 4 N–H and O–H groups in total. The minimum absolute atomic E-state index is 0.147. The van der Waals surface area contributed by atoms with Crippen molar-refractivity contribution in [3.05, 3.63) is 77.5 Å². The van der Waals surface area contributed by atoms with Crippen LogP contribution in [0.15, 0.2) is 60.8 Å². The van der Waals surface area contributed by atoms with Crippen LogP contribution in [-0.4, -0.2) is 28.8 Å². The summed E-state index contributed by atoms with van der Waals surface area (Å²) in [5, 5.41) is 24.5. The molecule has 0 atom stereocenters. The maximum atomic E-state index is 12.7. The first-order valence-electron chi connectivity index (χ1n) is 9.85. The van der Waals surface area contributed by atoms with Gasteiger partial charge in [-0.2, -0.15) is 0 Å². The lowest BCUT2D eigenvalue weighted by Crippen LogP contribution is -2.37. The van der Waals surface area contributed by atoms with Crippen LogP contribution in [0.5, 0.6) is 23.0 Å². The second-order valence-corrected chi connectivity index (χ2v) is 7.34. The zero-order chi connectivity index (χ0) is 22.2. The smallest absolute Gasteiger partial charge is 0.260 e. The molecule has 0 unspecified atom stereocenters. The van der Waals surface area contributed by atoms with Crippen molar-refractivity contribution in [3.63, 3.8) is 0 Å². The van der Waals surface area contributed by atoms with Gasteiger partial charge < -0.3 is 25.0 Å². The number of imide groups is 1. The number of ether oxygens (including phenoxy) is 2. The highest BCUT2D eigenvalue weighted by Gasteiger charge is 2.30. The number of fused-ring (bicyclic) bond motifs is 2. The Morgan fingerprint density at radius 2 is 1.72 bits per heavy atom. The molecule has 0 radical (unpaired) electrons. The Bertz CT molecular complexity index is 1300. The molecule has 2 aliphatic heterocycles. The van der Waals surface area contributed by atoms with Crippen LogP contribution in [0.4, 0.5) is 0 Å². The lowest BCUT2D eigenvalue weighted by atomic mass is 9.87. The molecule has 3 aromatic rings. The molecule has 0 aliphatic carbocycles. The molecule has 0 saturated heterocycles. The van der Waals surface area contributed by atoms with Crippen LogP contribution >= 0.6 is 0 Å². The van der Waals surface area contributed by atoms with E-state index in [1.807, 2.05) is 18.2 Å². The number of carbonyl (C=O) groups excluding carboxylic acids is 2. The number of hydrogen-bond donors (Lipinski definition) is 4. The van der Waals surface area contributed by atoms with E-state index in [1.165, 1.54) is 12.1 Å². The summed E-state index contributed by atoms with van der Waals surface area (Å²) >= 11 is 0. The fourth-order valence-electron chi connectivity index (χ4n) is 3.78. The minimum Gasteiger partial charge on any atom is -0.504 e. The number of carbonyl (C=O) groups is 2. The topological polar surface area (TPSA) is 117 Å². The number of aromatic hydroxyl groups is 2. The third kappa shape index (κ3) is 3.37. The van der Waals surface area contributed by atoms with Crippen molar-refractivity contribution in [2.75, 3.05) is 6.79 Å². The molecule has 2 amide bonds. The summed E-state index contributed by atoms with van der Waals surface area (Å²) in [5.41, 5.74) is 3.39. The number of phenolic OH excluding ortho intramolecular Hbond substituents is 2. The molecule has 160 valence electrons. The highest BCUT2D eigenvalue weighted by molar-refractivity contribution is 6.32. The first-order valence-corrected chi connectivity index (χ1v) is 9.85. The van der Waals surface area contributed by atoms with E-state index in [9.17, 15) is 19.8 Å². The number of rotatable bonds is 4. The predicted octanol–water partition coefficient (Wildman–Crippen LogP) is 2.89. The van der Waals surface area contributed by atoms with Gasteiger partial charge in [0.25, 0.3) is 11.8 Å². The Hall–Kier alpha value is -4.46. The van der Waals surface area contributed by atoms with Crippen molar-refractivity contribution < 1.29 is 29.3 Å². The maximum absolute atomic E-state index is 12.7. The third-order valence-electron chi connectivity index (χ3n) is 5.33. The predicted molar refractivity (Wildman–Crippen MR) is 115 cm³/mol. The van der Waals surface area contributed by atoms with Gasteiger partial charge in [-0.3, -0.25) is 14.9 Å². The summed E-state index contributed by atoms with van der Waals surface area (Å²) < 4.78 is 10.8. The van der Waals surface area contributed by atoms with Gasteiger partial charge in [0.2, 0.25) is 6.79 Å². The second kappa shape index (κ2) is 7.66. The minimum atomic E-state index is -0.517. The molecule has 0 bridgehead atoms.